The normalized spacial score (nSPS) is 19.4. The Morgan fingerprint density at radius 3 is 3.00 bits per heavy atom. The number of hydrogen-bond acceptors (Lipinski definition) is 4. The van der Waals surface area contributed by atoms with Crippen LogP contribution in [-0.4, -0.2) is 30.2 Å². The molecule has 1 aromatic rings. The molecule has 7 heteroatoms. The third-order valence-corrected chi connectivity index (χ3v) is 2.94. The summed E-state index contributed by atoms with van der Waals surface area (Å²) in [6.45, 7) is 0.883. The Morgan fingerprint density at radius 2 is 2.37 bits per heavy atom. The molecule has 2 rings (SSSR count). The summed E-state index contributed by atoms with van der Waals surface area (Å²) in [5, 5.41) is 14.0. The van der Waals surface area contributed by atoms with E-state index >= 15 is 0 Å². The molecule has 102 valence electrons. The van der Waals surface area contributed by atoms with Gasteiger partial charge in [0.2, 0.25) is 5.91 Å². The van der Waals surface area contributed by atoms with Crippen LogP contribution in [0.5, 0.6) is 0 Å². The molecular formula is C12H14FN3O3. The SMILES string of the molecule is NC(=NO)c1c(F)cccc1NC(=O)C1CCOC1. The molecule has 0 aromatic heterocycles. The lowest BCUT2D eigenvalue weighted by atomic mass is 10.1. The van der Waals surface area contributed by atoms with E-state index in [9.17, 15) is 9.18 Å². The molecular weight excluding hydrogens is 253 g/mol. The maximum absolute atomic E-state index is 13.7. The number of hydrogen-bond donors (Lipinski definition) is 3. The number of amides is 1. The van der Waals surface area contributed by atoms with E-state index in [-0.39, 0.29) is 23.1 Å². The van der Waals surface area contributed by atoms with Crippen molar-refractivity contribution < 1.29 is 19.1 Å². The van der Waals surface area contributed by atoms with E-state index in [1.165, 1.54) is 18.2 Å². The van der Waals surface area contributed by atoms with Crippen molar-refractivity contribution in [3.63, 3.8) is 0 Å². The fraction of sp³-hybridized carbons (Fsp3) is 0.333. The van der Waals surface area contributed by atoms with Gasteiger partial charge >= 0.3 is 0 Å². The average molecular weight is 267 g/mol. The highest BCUT2D eigenvalue weighted by Crippen LogP contribution is 2.21. The number of halogens is 1. The fourth-order valence-corrected chi connectivity index (χ4v) is 1.91. The second kappa shape index (κ2) is 5.66. The highest BCUT2D eigenvalue weighted by atomic mass is 19.1. The number of benzene rings is 1. The lowest BCUT2D eigenvalue weighted by Crippen LogP contribution is -2.25. The smallest absolute Gasteiger partial charge is 0.229 e. The Balaban J connectivity index is 2.24. The minimum Gasteiger partial charge on any atom is -0.409 e. The molecule has 1 atom stereocenters. The van der Waals surface area contributed by atoms with Crippen molar-refractivity contribution in [3.8, 4) is 0 Å². The first kappa shape index (κ1) is 13.3. The largest absolute Gasteiger partial charge is 0.409 e. The van der Waals surface area contributed by atoms with E-state index in [1.54, 1.807) is 0 Å². The van der Waals surface area contributed by atoms with Crippen molar-refractivity contribution in [2.24, 2.45) is 16.8 Å². The quantitative estimate of drug-likeness (QED) is 0.328. The van der Waals surface area contributed by atoms with Crippen molar-refractivity contribution >= 4 is 17.4 Å². The first-order valence-electron chi connectivity index (χ1n) is 5.78. The first-order chi connectivity index (χ1) is 9.13. The zero-order valence-corrected chi connectivity index (χ0v) is 10.1. The summed E-state index contributed by atoms with van der Waals surface area (Å²) in [6.07, 6.45) is 0.625. The molecule has 1 aliphatic rings. The third kappa shape index (κ3) is 2.82. The molecule has 4 N–H and O–H groups in total. The molecule has 1 heterocycles. The number of oxime groups is 1. The van der Waals surface area contributed by atoms with Crippen LogP contribution < -0.4 is 11.1 Å². The van der Waals surface area contributed by atoms with Crippen LogP contribution in [0.25, 0.3) is 0 Å². The summed E-state index contributed by atoms with van der Waals surface area (Å²) in [7, 11) is 0. The maximum atomic E-state index is 13.7. The minimum absolute atomic E-state index is 0.128. The van der Waals surface area contributed by atoms with Crippen LogP contribution in [0, 0.1) is 11.7 Å². The number of carbonyl (C=O) groups excluding carboxylic acids is 1. The topological polar surface area (TPSA) is 96.9 Å². The van der Waals surface area contributed by atoms with Crippen LogP contribution >= 0.6 is 0 Å². The Bertz CT molecular complexity index is 513. The number of nitrogens with zero attached hydrogens (tertiary/aromatic N) is 1. The number of nitrogens with one attached hydrogen (secondary N) is 1. The lowest BCUT2D eigenvalue weighted by Gasteiger charge is -2.13. The van der Waals surface area contributed by atoms with Gasteiger partial charge in [0.25, 0.3) is 0 Å². The van der Waals surface area contributed by atoms with Crippen LogP contribution in [0.15, 0.2) is 23.4 Å². The van der Waals surface area contributed by atoms with Gasteiger partial charge in [0.15, 0.2) is 5.84 Å². The molecule has 1 aliphatic heterocycles. The summed E-state index contributed by atoms with van der Waals surface area (Å²) in [5.41, 5.74) is 5.45. The molecule has 0 saturated carbocycles. The summed E-state index contributed by atoms with van der Waals surface area (Å²) < 4.78 is 18.8. The fourth-order valence-electron chi connectivity index (χ4n) is 1.91. The zero-order valence-electron chi connectivity index (χ0n) is 10.1. The van der Waals surface area contributed by atoms with E-state index in [0.29, 0.717) is 19.6 Å². The van der Waals surface area contributed by atoms with E-state index in [0.717, 1.165) is 0 Å². The Morgan fingerprint density at radius 1 is 1.58 bits per heavy atom. The number of anilines is 1. The summed E-state index contributed by atoms with van der Waals surface area (Å²) in [6, 6.07) is 4.09. The van der Waals surface area contributed by atoms with Crippen molar-refractivity contribution in [3.05, 3.63) is 29.6 Å². The second-order valence-electron chi connectivity index (χ2n) is 4.20. The van der Waals surface area contributed by atoms with Crippen molar-refractivity contribution in [1.29, 1.82) is 0 Å². The van der Waals surface area contributed by atoms with E-state index in [1.807, 2.05) is 0 Å². The number of ether oxygens (including phenoxy) is 1. The van der Waals surface area contributed by atoms with E-state index < -0.39 is 11.7 Å². The molecule has 1 amide bonds. The van der Waals surface area contributed by atoms with Gasteiger partial charge in [-0.1, -0.05) is 11.2 Å². The van der Waals surface area contributed by atoms with Crippen LogP contribution in [0.1, 0.15) is 12.0 Å². The van der Waals surface area contributed by atoms with Crippen LogP contribution in [0.3, 0.4) is 0 Å². The van der Waals surface area contributed by atoms with Gasteiger partial charge in [-0.25, -0.2) is 4.39 Å². The molecule has 1 fully saturated rings. The molecule has 0 bridgehead atoms. The van der Waals surface area contributed by atoms with Gasteiger partial charge in [0, 0.05) is 6.61 Å². The van der Waals surface area contributed by atoms with Crippen molar-refractivity contribution in [2.75, 3.05) is 18.5 Å². The maximum Gasteiger partial charge on any atom is 0.229 e. The summed E-state index contributed by atoms with van der Waals surface area (Å²) in [5.74, 6) is -1.59. The highest BCUT2D eigenvalue weighted by Gasteiger charge is 2.25. The second-order valence-corrected chi connectivity index (χ2v) is 4.20. The Labute approximate surface area is 109 Å². The standard InChI is InChI=1S/C12H14FN3O3/c13-8-2-1-3-9(10(8)11(14)16-18)15-12(17)7-4-5-19-6-7/h1-3,7,18H,4-6H2,(H2,14,16)(H,15,17). The van der Waals surface area contributed by atoms with E-state index in [2.05, 4.69) is 10.5 Å². The minimum atomic E-state index is -0.671. The number of rotatable bonds is 3. The zero-order chi connectivity index (χ0) is 13.8. The third-order valence-electron chi connectivity index (χ3n) is 2.94. The van der Waals surface area contributed by atoms with Gasteiger partial charge in [-0.3, -0.25) is 4.79 Å². The van der Waals surface area contributed by atoms with Gasteiger partial charge in [0.1, 0.15) is 5.82 Å². The lowest BCUT2D eigenvalue weighted by molar-refractivity contribution is -0.119. The monoisotopic (exact) mass is 267 g/mol. The van der Waals surface area contributed by atoms with Gasteiger partial charge in [-0.2, -0.15) is 0 Å². The predicted octanol–water partition coefficient (Wildman–Crippen LogP) is 0.895. The predicted molar refractivity (Wildman–Crippen MR) is 66.5 cm³/mol. The highest BCUT2D eigenvalue weighted by molar-refractivity contribution is 6.06. The van der Waals surface area contributed by atoms with Crippen molar-refractivity contribution in [2.45, 2.75) is 6.42 Å². The Kier molecular flexibility index (Phi) is 3.96. The molecule has 1 saturated heterocycles. The van der Waals surface area contributed by atoms with Gasteiger partial charge in [-0.15, -0.1) is 0 Å². The molecule has 19 heavy (non-hydrogen) atoms. The summed E-state index contributed by atoms with van der Waals surface area (Å²) >= 11 is 0. The van der Waals surface area contributed by atoms with Gasteiger partial charge < -0.3 is 21.0 Å². The Hall–Kier alpha value is -2.15. The van der Waals surface area contributed by atoms with Crippen LogP contribution in [0.2, 0.25) is 0 Å². The van der Waals surface area contributed by atoms with Crippen LogP contribution in [-0.2, 0) is 9.53 Å². The summed E-state index contributed by atoms with van der Waals surface area (Å²) in [4.78, 5) is 11.9. The first-order valence-corrected chi connectivity index (χ1v) is 5.78. The number of carbonyl (C=O) groups is 1. The van der Waals surface area contributed by atoms with Gasteiger partial charge in [0.05, 0.1) is 23.8 Å². The molecule has 0 spiro atoms. The molecule has 0 aliphatic carbocycles. The van der Waals surface area contributed by atoms with Gasteiger partial charge in [-0.05, 0) is 18.6 Å². The molecule has 6 nitrogen and oxygen atoms in total. The average Bonchev–Trinajstić information content (AvgIpc) is 2.92. The number of nitrogens with two attached hydrogens (primary N) is 1. The van der Waals surface area contributed by atoms with Crippen molar-refractivity contribution in [1.82, 2.24) is 0 Å². The number of amidine groups is 1. The van der Waals surface area contributed by atoms with E-state index in [4.69, 9.17) is 15.7 Å². The molecule has 1 unspecified atom stereocenters. The molecule has 1 aromatic carbocycles. The van der Waals surface area contributed by atoms with Crippen LogP contribution in [0.4, 0.5) is 10.1 Å². The molecule has 0 radical (unpaired) electrons.